The summed E-state index contributed by atoms with van der Waals surface area (Å²) >= 11 is 0. The predicted molar refractivity (Wildman–Crippen MR) is 63.8 cm³/mol. The van der Waals surface area contributed by atoms with Gasteiger partial charge in [-0.25, -0.2) is 0 Å². The molecule has 0 aromatic carbocycles. The van der Waals surface area contributed by atoms with E-state index in [0.717, 1.165) is 0 Å². The smallest absolute Gasteiger partial charge is 0.335 e. The summed E-state index contributed by atoms with van der Waals surface area (Å²) in [6, 6.07) is -0.0302. The van der Waals surface area contributed by atoms with Crippen LogP contribution in [0.3, 0.4) is 0 Å². The third kappa shape index (κ3) is 3.61. The first-order chi connectivity index (χ1) is 8.86. The molecule has 1 N–H and O–H groups in total. The summed E-state index contributed by atoms with van der Waals surface area (Å²) in [5.41, 5.74) is 0. The maximum atomic E-state index is 12.7. The van der Waals surface area contributed by atoms with Crippen LogP contribution in [0.1, 0.15) is 51.3 Å². The van der Waals surface area contributed by atoms with Crippen molar-refractivity contribution in [2.45, 2.75) is 57.7 Å². The molecule has 1 aromatic heterocycles. The SMILES string of the molecule is CC(C)c1noc(NC2CCCC(C(F)(F)F)C2)n1. The van der Waals surface area contributed by atoms with Crippen molar-refractivity contribution in [3.05, 3.63) is 5.82 Å². The Morgan fingerprint density at radius 1 is 1.32 bits per heavy atom. The molecule has 4 nitrogen and oxygen atoms in total. The van der Waals surface area contributed by atoms with Crippen LogP contribution in [-0.2, 0) is 0 Å². The Kier molecular flexibility index (Phi) is 4.01. The van der Waals surface area contributed by atoms with Crippen LogP contribution >= 0.6 is 0 Å². The first-order valence-corrected chi connectivity index (χ1v) is 6.53. The number of hydrogen-bond donors (Lipinski definition) is 1. The second kappa shape index (κ2) is 5.38. The van der Waals surface area contributed by atoms with Crippen molar-refractivity contribution in [3.63, 3.8) is 0 Å². The topological polar surface area (TPSA) is 51.0 Å². The van der Waals surface area contributed by atoms with Gasteiger partial charge in [0.1, 0.15) is 0 Å². The van der Waals surface area contributed by atoms with Crippen molar-refractivity contribution in [1.29, 1.82) is 0 Å². The summed E-state index contributed by atoms with van der Waals surface area (Å²) in [5, 5.41) is 6.70. The Labute approximate surface area is 109 Å². The standard InChI is InChI=1S/C12H18F3N3O/c1-7(2)10-17-11(19-18-10)16-9-5-3-4-8(6-9)12(13,14)15/h7-9H,3-6H2,1-2H3,(H,16,17,18). The van der Waals surface area contributed by atoms with Gasteiger partial charge in [0.2, 0.25) is 0 Å². The van der Waals surface area contributed by atoms with Crippen molar-refractivity contribution < 1.29 is 17.7 Å². The Morgan fingerprint density at radius 3 is 2.63 bits per heavy atom. The van der Waals surface area contributed by atoms with Crippen molar-refractivity contribution in [3.8, 4) is 0 Å². The number of halogens is 3. The fraction of sp³-hybridized carbons (Fsp3) is 0.833. The molecule has 1 aliphatic rings. The summed E-state index contributed by atoms with van der Waals surface area (Å²) in [6.07, 6.45) is -2.57. The van der Waals surface area contributed by atoms with Crippen molar-refractivity contribution in [2.75, 3.05) is 5.32 Å². The summed E-state index contributed by atoms with van der Waals surface area (Å²) in [4.78, 5) is 4.12. The van der Waals surface area contributed by atoms with Crippen LogP contribution < -0.4 is 5.32 Å². The minimum Gasteiger partial charge on any atom is -0.335 e. The van der Waals surface area contributed by atoms with Gasteiger partial charge in [-0.1, -0.05) is 25.4 Å². The maximum absolute atomic E-state index is 12.7. The Hall–Kier alpha value is -1.27. The molecule has 0 aliphatic heterocycles. The van der Waals surface area contributed by atoms with Crippen molar-refractivity contribution in [2.24, 2.45) is 5.92 Å². The van der Waals surface area contributed by atoms with E-state index >= 15 is 0 Å². The Bertz CT molecular complexity index is 417. The zero-order valence-corrected chi connectivity index (χ0v) is 11.0. The number of anilines is 1. The number of rotatable bonds is 3. The zero-order valence-electron chi connectivity index (χ0n) is 11.0. The van der Waals surface area contributed by atoms with Gasteiger partial charge in [0.25, 0.3) is 0 Å². The van der Waals surface area contributed by atoms with E-state index in [1.807, 2.05) is 13.8 Å². The second-order valence-corrected chi connectivity index (χ2v) is 5.36. The molecule has 1 aromatic rings. The molecule has 2 unspecified atom stereocenters. The molecule has 1 fully saturated rings. The van der Waals surface area contributed by atoms with Crippen LogP contribution in [0.2, 0.25) is 0 Å². The summed E-state index contributed by atoms with van der Waals surface area (Å²) < 4.78 is 43.0. The highest BCUT2D eigenvalue weighted by Crippen LogP contribution is 2.38. The van der Waals surface area contributed by atoms with Gasteiger partial charge in [0, 0.05) is 12.0 Å². The van der Waals surface area contributed by atoms with Gasteiger partial charge in [0.05, 0.1) is 5.92 Å². The highest BCUT2D eigenvalue weighted by Gasteiger charge is 2.42. The highest BCUT2D eigenvalue weighted by atomic mass is 19.4. The molecule has 2 atom stereocenters. The molecule has 0 radical (unpaired) electrons. The van der Waals surface area contributed by atoms with E-state index in [9.17, 15) is 13.2 Å². The lowest BCUT2D eigenvalue weighted by molar-refractivity contribution is -0.182. The van der Waals surface area contributed by atoms with Gasteiger partial charge >= 0.3 is 12.2 Å². The Morgan fingerprint density at radius 2 is 2.05 bits per heavy atom. The first kappa shape index (κ1) is 14.1. The molecule has 1 heterocycles. The van der Waals surface area contributed by atoms with Gasteiger partial charge in [-0.3, -0.25) is 0 Å². The lowest BCUT2D eigenvalue weighted by Crippen LogP contribution is -2.34. The average molecular weight is 277 g/mol. The van der Waals surface area contributed by atoms with Gasteiger partial charge in [-0.15, -0.1) is 0 Å². The lowest BCUT2D eigenvalue weighted by Gasteiger charge is -2.30. The predicted octanol–water partition coefficient (Wildman–Crippen LogP) is 3.73. The summed E-state index contributed by atoms with van der Waals surface area (Å²) in [5.74, 6) is -0.537. The molecule has 1 aliphatic carbocycles. The number of nitrogens with one attached hydrogen (secondary N) is 1. The molecule has 19 heavy (non-hydrogen) atoms. The molecule has 0 bridgehead atoms. The van der Waals surface area contributed by atoms with E-state index in [2.05, 4.69) is 15.5 Å². The third-order valence-electron chi connectivity index (χ3n) is 3.42. The monoisotopic (exact) mass is 277 g/mol. The Balaban J connectivity index is 1.95. The van der Waals surface area contributed by atoms with Crippen LogP contribution in [0, 0.1) is 5.92 Å². The molecular weight excluding hydrogens is 259 g/mol. The minimum absolute atomic E-state index is 0.0723. The van der Waals surface area contributed by atoms with Crippen molar-refractivity contribution in [1.82, 2.24) is 10.1 Å². The van der Waals surface area contributed by atoms with Gasteiger partial charge in [0.15, 0.2) is 5.82 Å². The fourth-order valence-electron chi connectivity index (χ4n) is 2.32. The quantitative estimate of drug-likeness (QED) is 0.914. The third-order valence-corrected chi connectivity index (χ3v) is 3.42. The van der Waals surface area contributed by atoms with Gasteiger partial charge in [-0.2, -0.15) is 18.2 Å². The number of aromatic nitrogens is 2. The number of hydrogen-bond acceptors (Lipinski definition) is 4. The van der Waals surface area contributed by atoms with Crippen LogP contribution in [0.5, 0.6) is 0 Å². The molecule has 2 rings (SSSR count). The average Bonchev–Trinajstić information content (AvgIpc) is 2.77. The number of alkyl halides is 3. The minimum atomic E-state index is -4.11. The molecule has 7 heteroatoms. The van der Waals surface area contributed by atoms with Crippen LogP contribution in [0.4, 0.5) is 19.2 Å². The van der Waals surface area contributed by atoms with Gasteiger partial charge in [-0.05, 0) is 19.3 Å². The summed E-state index contributed by atoms with van der Waals surface area (Å²) in [7, 11) is 0. The highest BCUT2D eigenvalue weighted by molar-refractivity contribution is 5.21. The molecule has 0 amide bonds. The lowest BCUT2D eigenvalue weighted by atomic mass is 9.85. The second-order valence-electron chi connectivity index (χ2n) is 5.36. The van der Waals surface area contributed by atoms with E-state index < -0.39 is 12.1 Å². The van der Waals surface area contributed by atoms with Crippen LogP contribution in [0.25, 0.3) is 0 Å². The fourth-order valence-corrected chi connectivity index (χ4v) is 2.32. The van der Waals surface area contributed by atoms with E-state index in [1.165, 1.54) is 0 Å². The van der Waals surface area contributed by atoms with E-state index in [4.69, 9.17) is 4.52 Å². The molecule has 0 saturated heterocycles. The zero-order chi connectivity index (χ0) is 14.0. The van der Waals surface area contributed by atoms with E-state index in [-0.39, 0.29) is 30.8 Å². The van der Waals surface area contributed by atoms with Crippen LogP contribution in [-0.4, -0.2) is 22.4 Å². The normalized spacial score (nSPS) is 24.7. The van der Waals surface area contributed by atoms with Crippen molar-refractivity contribution >= 4 is 6.01 Å². The first-order valence-electron chi connectivity index (χ1n) is 6.53. The molecule has 0 spiro atoms. The van der Waals surface area contributed by atoms with E-state index in [0.29, 0.717) is 18.7 Å². The molecular formula is C12H18F3N3O. The molecule has 1 saturated carbocycles. The largest absolute Gasteiger partial charge is 0.391 e. The van der Waals surface area contributed by atoms with E-state index in [1.54, 1.807) is 0 Å². The number of nitrogens with zero attached hydrogens (tertiary/aromatic N) is 2. The maximum Gasteiger partial charge on any atom is 0.391 e. The molecule has 108 valence electrons. The van der Waals surface area contributed by atoms with Gasteiger partial charge < -0.3 is 9.84 Å². The summed E-state index contributed by atoms with van der Waals surface area (Å²) in [6.45, 7) is 3.85. The van der Waals surface area contributed by atoms with Crippen LogP contribution in [0.15, 0.2) is 4.52 Å².